The number of hydrogen-bond acceptors (Lipinski definition) is 4. The van der Waals surface area contributed by atoms with Gasteiger partial charge in [0.1, 0.15) is 6.61 Å². The largest absolute Gasteiger partial charge is 0.460 e. The van der Waals surface area contributed by atoms with Crippen molar-refractivity contribution >= 4 is 17.7 Å². The van der Waals surface area contributed by atoms with Gasteiger partial charge < -0.3 is 10.5 Å². The van der Waals surface area contributed by atoms with E-state index in [2.05, 4.69) is 0 Å². The average molecular weight is 273 g/mol. The molecule has 0 spiro atoms. The second kappa shape index (κ2) is 6.97. The van der Waals surface area contributed by atoms with Gasteiger partial charge in [-0.1, -0.05) is 36.4 Å². The number of hydrogen-bond donors (Lipinski definition) is 1. The fourth-order valence-corrected chi connectivity index (χ4v) is 2.32. The van der Waals surface area contributed by atoms with E-state index in [0.717, 1.165) is 4.90 Å². The van der Waals surface area contributed by atoms with E-state index in [1.54, 1.807) is 24.3 Å². The van der Waals surface area contributed by atoms with Crippen LogP contribution in [0.2, 0.25) is 0 Å². The molecule has 19 heavy (non-hydrogen) atoms. The minimum atomic E-state index is -0.343. The van der Waals surface area contributed by atoms with Gasteiger partial charge in [-0.2, -0.15) is 0 Å². The van der Waals surface area contributed by atoms with Crippen LogP contribution in [-0.4, -0.2) is 18.0 Å². The van der Waals surface area contributed by atoms with Crippen molar-refractivity contribution in [3.63, 3.8) is 0 Å². The molecule has 1 unspecified atom stereocenters. The van der Waals surface area contributed by atoms with E-state index >= 15 is 0 Å². The Morgan fingerprint density at radius 3 is 2.26 bits per heavy atom. The zero-order chi connectivity index (χ0) is 13.5. The highest BCUT2D eigenvalue weighted by molar-refractivity contribution is 7.99. The van der Waals surface area contributed by atoms with Crippen LogP contribution in [0, 0.1) is 0 Å². The van der Waals surface area contributed by atoms with Crippen LogP contribution in [0.25, 0.3) is 0 Å². The van der Waals surface area contributed by atoms with Crippen molar-refractivity contribution in [3.05, 3.63) is 66.2 Å². The molecule has 3 nitrogen and oxygen atoms in total. The van der Waals surface area contributed by atoms with Gasteiger partial charge in [0.2, 0.25) is 0 Å². The molecule has 0 aromatic heterocycles. The molecule has 2 aromatic rings. The molecule has 0 amide bonds. The Kier molecular flexibility index (Phi) is 5.01. The Balaban J connectivity index is 1.81. The summed E-state index contributed by atoms with van der Waals surface area (Å²) in [6.45, 7) is 0.188. The summed E-state index contributed by atoms with van der Waals surface area (Å²) in [7, 11) is 0. The Bertz CT molecular complexity index is 516. The van der Waals surface area contributed by atoms with Gasteiger partial charge >= 0.3 is 5.97 Å². The number of rotatable bonds is 5. The molecule has 0 heterocycles. The quantitative estimate of drug-likeness (QED) is 0.517. The molecule has 0 saturated heterocycles. The highest BCUT2D eigenvalue weighted by Gasteiger charge is 2.10. The zero-order valence-corrected chi connectivity index (χ0v) is 11.2. The first-order valence-corrected chi connectivity index (χ1v) is 6.83. The number of nitrogens with two attached hydrogens (primary N) is 1. The second-order valence-electron chi connectivity index (χ2n) is 3.93. The van der Waals surface area contributed by atoms with E-state index in [4.69, 9.17) is 10.5 Å². The highest BCUT2D eigenvalue weighted by atomic mass is 32.2. The fraction of sp³-hybridized carbons (Fsp3) is 0.133. The van der Waals surface area contributed by atoms with Gasteiger partial charge in [0.05, 0.1) is 10.9 Å². The summed E-state index contributed by atoms with van der Waals surface area (Å²) in [5.41, 5.74) is 6.46. The summed E-state index contributed by atoms with van der Waals surface area (Å²) >= 11 is 1.48. The van der Waals surface area contributed by atoms with Crippen molar-refractivity contribution in [2.75, 3.05) is 6.61 Å². The average Bonchev–Trinajstić information content (AvgIpc) is 2.47. The topological polar surface area (TPSA) is 52.3 Å². The third kappa shape index (κ3) is 4.43. The highest BCUT2D eigenvalue weighted by Crippen LogP contribution is 2.20. The molecule has 0 bridgehead atoms. The van der Waals surface area contributed by atoms with E-state index in [0.29, 0.717) is 5.56 Å². The van der Waals surface area contributed by atoms with Gasteiger partial charge in [0.25, 0.3) is 0 Å². The van der Waals surface area contributed by atoms with Gasteiger partial charge in [-0.05, 0) is 24.3 Å². The number of thioether (sulfide) groups is 1. The van der Waals surface area contributed by atoms with Crippen molar-refractivity contribution in [1.29, 1.82) is 0 Å². The van der Waals surface area contributed by atoms with Crippen molar-refractivity contribution in [1.82, 2.24) is 0 Å². The van der Waals surface area contributed by atoms with Crippen LogP contribution < -0.4 is 5.73 Å². The first kappa shape index (κ1) is 13.6. The van der Waals surface area contributed by atoms with Crippen molar-refractivity contribution in [2.45, 2.75) is 10.3 Å². The first-order chi connectivity index (χ1) is 9.25. The van der Waals surface area contributed by atoms with Crippen LogP contribution in [0.4, 0.5) is 0 Å². The maximum absolute atomic E-state index is 11.7. The standard InChI is InChI=1S/C15H15NO2S/c16-14(19-13-9-5-2-6-10-13)11-18-15(17)12-7-3-1-4-8-12/h1-10,14H,11,16H2. The Morgan fingerprint density at radius 1 is 1.05 bits per heavy atom. The SMILES string of the molecule is NC(COC(=O)c1ccccc1)Sc1ccccc1. The lowest BCUT2D eigenvalue weighted by Gasteiger charge is -2.11. The molecule has 0 aliphatic rings. The predicted octanol–water partition coefficient (Wildman–Crippen LogP) is 2.92. The number of carbonyl (C=O) groups is 1. The van der Waals surface area contributed by atoms with Crippen LogP contribution >= 0.6 is 11.8 Å². The van der Waals surface area contributed by atoms with Crippen molar-refractivity contribution in [3.8, 4) is 0 Å². The fourth-order valence-electron chi connectivity index (χ4n) is 1.52. The van der Waals surface area contributed by atoms with Crippen LogP contribution in [0.5, 0.6) is 0 Å². The van der Waals surface area contributed by atoms with E-state index < -0.39 is 0 Å². The molecule has 2 aromatic carbocycles. The molecule has 2 rings (SSSR count). The number of carbonyl (C=O) groups excluding carboxylic acids is 1. The molecule has 98 valence electrons. The number of ether oxygens (including phenoxy) is 1. The smallest absolute Gasteiger partial charge is 0.338 e. The van der Waals surface area contributed by atoms with Crippen LogP contribution in [0.1, 0.15) is 10.4 Å². The third-order valence-corrected chi connectivity index (χ3v) is 3.40. The molecule has 4 heteroatoms. The Labute approximate surface area is 116 Å². The Hall–Kier alpha value is -1.78. The monoisotopic (exact) mass is 273 g/mol. The van der Waals surface area contributed by atoms with Crippen LogP contribution in [0.3, 0.4) is 0 Å². The maximum atomic E-state index is 11.7. The number of esters is 1. The Morgan fingerprint density at radius 2 is 1.63 bits per heavy atom. The summed E-state index contributed by atoms with van der Waals surface area (Å²) in [6.07, 6.45) is 0. The van der Waals surface area contributed by atoms with E-state index in [1.165, 1.54) is 11.8 Å². The summed E-state index contributed by atoms with van der Waals surface area (Å²) < 4.78 is 5.18. The number of benzene rings is 2. The van der Waals surface area contributed by atoms with Crippen molar-refractivity contribution < 1.29 is 9.53 Å². The van der Waals surface area contributed by atoms with Gasteiger partial charge in [0, 0.05) is 4.90 Å². The van der Waals surface area contributed by atoms with Crippen molar-refractivity contribution in [2.24, 2.45) is 5.73 Å². The molecule has 0 radical (unpaired) electrons. The van der Waals surface area contributed by atoms with Crippen LogP contribution in [0.15, 0.2) is 65.6 Å². The molecular weight excluding hydrogens is 258 g/mol. The molecule has 0 aliphatic heterocycles. The van der Waals surface area contributed by atoms with Gasteiger partial charge in [-0.25, -0.2) is 4.79 Å². The molecule has 0 fully saturated rings. The predicted molar refractivity (Wildman–Crippen MR) is 77.0 cm³/mol. The van der Waals surface area contributed by atoms with Gasteiger partial charge in [-0.15, -0.1) is 11.8 Å². The minimum Gasteiger partial charge on any atom is -0.460 e. The minimum absolute atomic E-state index is 0.188. The molecule has 1 atom stereocenters. The summed E-state index contributed by atoms with van der Waals surface area (Å²) in [4.78, 5) is 12.8. The second-order valence-corrected chi connectivity index (χ2v) is 5.25. The van der Waals surface area contributed by atoms with Gasteiger partial charge in [-0.3, -0.25) is 0 Å². The lowest BCUT2D eigenvalue weighted by molar-refractivity contribution is 0.0507. The normalized spacial score (nSPS) is 11.8. The zero-order valence-electron chi connectivity index (χ0n) is 10.4. The summed E-state index contributed by atoms with van der Waals surface area (Å²) in [5, 5.41) is -0.268. The lowest BCUT2D eigenvalue weighted by atomic mass is 10.2. The molecular formula is C15H15NO2S. The third-order valence-electron chi connectivity index (χ3n) is 2.42. The molecule has 0 saturated carbocycles. The molecule has 0 aliphatic carbocycles. The van der Waals surface area contributed by atoms with Gasteiger partial charge in [0.15, 0.2) is 0 Å². The van der Waals surface area contributed by atoms with E-state index in [-0.39, 0.29) is 18.0 Å². The maximum Gasteiger partial charge on any atom is 0.338 e. The van der Waals surface area contributed by atoms with E-state index in [9.17, 15) is 4.79 Å². The lowest BCUT2D eigenvalue weighted by Crippen LogP contribution is -2.24. The summed E-state index contributed by atoms with van der Waals surface area (Å²) in [5.74, 6) is -0.343. The van der Waals surface area contributed by atoms with E-state index in [1.807, 2.05) is 36.4 Å². The molecule has 2 N–H and O–H groups in total. The first-order valence-electron chi connectivity index (χ1n) is 5.95. The van der Waals surface area contributed by atoms with Crippen LogP contribution in [-0.2, 0) is 4.74 Å². The summed E-state index contributed by atoms with van der Waals surface area (Å²) in [6, 6.07) is 18.7.